The van der Waals surface area contributed by atoms with Crippen LogP contribution < -0.4 is 10.2 Å². The number of aliphatic imine (C=N–C) groups is 1. The summed E-state index contributed by atoms with van der Waals surface area (Å²) in [6, 6.07) is 11.3. The van der Waals surface area contributed by atoms with Crippen molar-refractivity contribution >= 4 is 71.7 Å². The monoisotopic (exact) mass is 907 g/mol. The number of hydrogen-bond donors (Lipinski definition) is 1. The number of amidine groups is 1. The first-order valence-corrected chi connectivity index (χ1v) is 22.1. The molecule has 1 fully saturated rings. The number of ether oxygens (including phenoxy) is 2. The SMILES string of the molecule is [C-]#[N+]CCOP(OC1CC(n2nc(CNC(=O)OCN(CC)c3ccc(N=Nc4ccc([N+](=O)[O-])cc4Cl)cc3)c3c(/N=C(/C)N(C)C)ncnc32)OC1CC)N(C(C)C)C(C)C. The number of nitro benzene ring substituents is 1. The number of aromatic nitrogens is 4. The molecular weight excluding hydrogens is 853 g/mol. The van der Waals surface area contributed by atoms with E-state index in [4.69, 9.17) is 46.8 Å². The Bertz CT molecular complexity index is 2280. The minimum Gasteiger partial charge on any atom is -0.428 e. The van der Waals surface area contributed by atoms with Crippen LogP contribution in [0.2, 0.25) is 5.02 Å². The lowest BCUT2D eigenvalue weighted by molar-refractivity contribution is -0.384. The molecule has 3 heterocycles. The highest BCUT2D eigenvalue weighted by Gasteiger charge is 2.41. The maximum absolute atomic E-state index is 13.2. The Hall–Kier alpha value is -5.42. The second kappa shape index (κ2) is 22.8. The standard InChI is InChI=1S/C41H55ClN13O7P/c1-11-35-36(62-63(60-20-19-43-8)54(26(3)4)27(5)6)22-37(61-35)53-40-38(39(45-24-46-40)47-28(7)51(9)10)34(50-53)23-44-41(56)59-25-52(12-2)30-15-13-29(14-16-30)48-49-33-18-17-31(55(57)58)21-32(33)42/h13-18,21,24,26-27,35-37H,11-12,19-20,22-23,25H2,1-7,9-10H3,(H,44,56)/b47-28-,49-48?. The Balaban J connectivity index is 1.31. The number of nitrogens with zero attached hydrogens (tertiary/aromatic N) is 12. The molecule has 22 heteroatoms. The van der Waals surface area contributed by atoms with Gasteiger partial charge < -0.3 is 38.5 Å². The number of halogens is 1. The molecule has 4 unspecified atom stereocenters. The molecule has 1 saturated heterocycles. The van der Waals surface area contributed by atoms with Gasteiger partial charge in [-0.05, 0) is 78.3 Å². The fourth-order valence-electron chi connectivity index (χ4n) is 6.64. The van der Waals surface area contributed by atoms with Crippen molar-refractivity contribution in [3.8, 4) is 0 Å². The van der Waals surface area contributed by atoms with Crippen molar-refractivity contribution in [2.24, 2.45) is 15.2 Å². The predicted molar refractivity (Wildman–Crippen MR) is 242 cm³/mol. The number of carbonyl (C=O) groups is 1. The molecule has 0 bridgehead atoms. The van der Waals surface area contributed by atoms with Crippen LogP contribution in [0.4, 0.5) is 33.4 Å². The van der Waals surface area contributed by atoms with Crippen molar-refractivity contribution in [2.45, 2.75) is 98.4 Å². The number of fused-ring (bicyclic) bond motifs is 1. The number of amides is 1. The number of nitrogens with one attached hydrogen (secondary N) is 1. The highest BCUT2D eigenvalue weighted by molar-refractivity contribution is 7.44. The van der Waals surface area contributed by atoms with E-state index in [0.29, 0.717) is 59.1 Å². The molecule has 0 spiro atoms. The molecule has 1 amide bonds. The van der Waals surface area contributed by atoms with Crippen molar-refractivity contribution in [1.82, 2.24) is 34.6 Å². The number of alkyl carbamates (subject to hydrolysis) is 1. The van der Waals surface area contributed by atoms with E-state index in [-0.39, 0.29) is 61.4 Å². The van der Waals surface area contributed by atoms with E-state index < -0.39 is 25.8 Å². The molecular formula is C41H55ClN13O7P. The second-order valence-electron chi connectivity index (χ2n) is 15.2. The fraction of sp³-hybridized carbons (Fsp3) is 0.512. The fourth-order valence-corrected chi connectivity index (χ4v) is 8.60. The summed E-state index contributed by atoms with van der Waals surface area (Å²) >= 11 is 6.15. The van der Waals surface area contributed by atoms with Gasteiger partial charge in [-0.2, -0.15) is 10.2 Å². The third-order valence-corrected chi connectivity index (χ3v) is 12.4. The van der Waals surface area contributed by atoms with E-state index in [1.165, 1.54) is 24.5 Å². The van der Waals surface area contributed by atoms with Crippen molar-refractivity contribution < 1.29 is 28.2 Å². The van der Waals surface area contributed by atoms with Crippen LogP contribution in [0.3, 0.4) is 0 Å². The molecule has 1 aliphatic rings. The van der Waals surface area contributed by atoms with Crippen LogP contribution in [-0.4, -0.2) is 111 Å². The molecule has 1 N–H and O–H groups in total. The first-order chi connectivity index (χ1) is 30.1. The smallest absolute Gasteiger partial charge is 0.409 e. The summed E-state index contributed by atoms with van der Waals surface area (Å²) < 4.78 is 29.2. The van der Waals surface area contributed by atoms with E-state index in [9.17, 15) is 14.9 Å². The van der Waals surface area contributed by atoms with Crippen LogP contribution >= 0.6 is 20.1 Å². The van der Waals surface area contributed by atoms with Crippen molar-refractivity contribution in [3.63, 3.8) is 0 Å². The van der Waals surface area contributed by atoms with Gasteiger partial charge in [-0.1, -0.05) is 18.5 Å². The van der Waals surface area contributed by atoms with Gasteiger partial charge in [0.2, 0.25) is 6.54 Å². The van der Waals surface area contributed by atoms with Gasteiger partial charge in [0.05, 0.1) is 45.5 Å². The predicted octanol–water partition coefficient (Wildman–Crippen LogP) is 9.49. The topological polar surface area (TPSA) is 204 Å². The number of non-ortho nitro benzene ring substituents is 1. The molecule has 1 aliphatic heterocycles. The Morgan fingerprint density at radius 2 is 1.87 bits per heavy atom. The van der Waals surface area contributed by atoms with Gasteiger partial charge in [0.15, 0.2) is 24.4 Å². The van der Waals surface area contributed by atoms with Gasteiger partial charge >= 0.3 is 6.09 Å². The molecule has 20 nitrogen and oxygen atoms in total. The Kier molecular flexibility index (Phi) is 17.6. The molecule has 4 aromatic rings. The summed E-state index contributed by atoms with van der Waals surface area (Å²) in [6.45, 7) is 22.4. The minimum atomic E-state index is -1.51. The zero-order chi connectivity index (χ0) is 45.8. The number of carbonyl (C=O) groups excluding carboxylic acids is 1. The van der Waals surface area contributed by atoms with Crippen LogP contribution in [0.15, 0.2) is 64.0 Å². The lowest BCUT2D eigenvalue weighted by Gasteiger charge is -2.37. The molecule has 2 aromatic carbocycles. The maximum Gasteiger partial charge on any atom is 0.409 e. The lowest BCUT2D eigenvalue weighted by atomic mass is 10.1. The zero-order valence-corrected chi connectivity index (χ0v) is 38.7. The summed E-state index contributed by atoms with van der Waals surface area (Å²) in [6.07, 6.45) is 0.701. The Morgan fingerprint density at radius 1 is 1.14 bits per heavy atom. The number of anilines is 1. The number of azo groups is 1. The van der Waals surface area contributed by atoms with Crippen LogP contribution in [-0.2, 0) is 25.1 Å². The highest BCUT2D eigenvalue weighted by Crippen LogP contribution is 2.50. The summed E-state index contributed by atoms with van der Waals surface area (Å²) in [5, 5.41) is 27.8. The summed E-state index contributed by atoms with van der Waals surface area (Å²) in [4.78, 5) is 44.8. The highest BCUT2D eigenvalue weighted by atomic mass is 35.5. The normalized spacial score (nSPS) is 17.2. The summed E-state index contributed by atoms with van der Waals surface area (Å²) in [5.74, 6) is 1.09. The second-order valence-corrected chi connectivity index (χ2v) is 17.0. The van der Waals surface area contributed by atoms with E-state index >= 15 is 0 Å². The van der Waals surface area contributed by atoms with Crippen molar-refractivity contribution in [3.05, 3.63) is 81.0 Å². The van der Waals surface area contributed by atoms with E-state index in [2.05, 4.69) is 62.7 Å². The first kappa shape index (κ1) is 48.6. The maximum atomic E-state index is 13.2. The number of hydrogen-bond acceptors (Lipinski definition) is 15. The van der Waals surface area contributed by atoms with Crippen molar-refractivity contribution in [2.75, 3.05) is 45.4 Å². The molecule has 5 rings (SSSR count). The lowest BCUT2D eigenvalue weighted by Crippen LogP contribution is -2.35. The van der Waals surface area contributed by atoms with E-state index in [1.807, 2.05) is 56.8 Å². The van der Waals surface area contributed by atoms with Crippen molar-refractivity contribution in [1.29, 1.82) is 0 Å². The Morgan fingerprint density at radius 3 is 2.49 bits per heavy atom. The van der Waals surface area contributed by atoms with Gasteiger partial charge in [-0.3, -0.25) is 10.1 Å². The van der Waals surface area contributed by atoms with Gasteiger partial charge in [0.1, 0.15) is 24.5 Å². The van der Waals surface area contributed by atoms with Gasteiger partial charge in [-0.15, -0.1) is 5.11 Å². The molecule has 0 aliphatic carbocycles. The third kappa shape index (κ3) is 12.6. The van der Waals surface area contributed by atoms with E-state index in [1.54, 1.807) is 16.8 Å². The van der Waals surface area contributed by atoms with Gasteiger partial charge in [0, 0.05) is 57.0 Å². The minimum absolute atomic E-state index is 0.0222. The largest absolute Gasteiger partial charge is 0.428 e. The molecule has 338 valence electrons. The van der Waals surface area contributed by atoms with Gasteiger partial charge in [-0.25, -0.2) is 35.7 Å². The average Bonchev–Trinajstić information content (AvgIpc) is 3.84. The Labute approximate surface area is 373 Å². The molecule has 0 radical (unpaired) electrons. The molecule has 4 atom stereocenters. The quantitative estimate of drug-likeness (QED) is 0.0101. The average molecular weight is 908 g/mol. The zero-order valence-electron chi connectivity index (χ0n) is 37.0. The van der Waals surface area contributed by atoms with Crippen LogP contribution in [0, 0.1) is 16.7 Å². The molecule has 63 heavy (non-hydrogen) atoms. The first-order valence-electron chi connectivity index (χ1n) is 20.6. The number of rotatable bonds is 20. The molecule has 0 saturated carbocycles. The summed E-state index contributed by atoms with van der Waals surface area (Å²) in [7, 11) is 2.26. The summed E-state index contributed by atoms with van der Waals surface area (Å²) in [5.41, 5.74) is 2.40. The molecule has 2 aromatic heterocycles. The van der Waals surface area contributed by atoms with Crippen LogP contribution in [0.1, 0.15) is 73.2 Å². The van der Waals surface area contributed by atoms with E-state index in [0.717, 1.165) is 5.69 Å². The number of benzene rings is 2. The number of nitro groups is 1. The van der Waals surface area contributed by atoms with Crippen LogP contribution in [0.5, 0.6) is 0 Å². The van der Waals surface area contributed by atoms with Crippen LogP contribution in [0.25, 0.3) is 15.9 Å². The van der Waals surface area contributed by atoms with Gasteiger partial charge in [0.25, 0.3) is 14.2 Å². The third-order valence-electron chi connectivity index (χ3n) is 9.95.